The first-order valence-corrected chi connectivity index (χ1v) is 6.43. The minimum atomic E-state index is -0.386. The molecule has 0 fully saturated rings. The van der Waals surface area contributed by atoms with Crippen molar-refractivity contribution in [2.24, 2.45) is 24.3 Å². The summed E-state index contributed by atoms with van der Waals surface area (Å²) in [5.41, 5.74) is 6.09. The zero-order chi connectivity index (χ0) is 14.9. The van der Waals surface area contributed by atoms with E-state index in [0.717, 1.165) is 0 Å². The molecule has 2 aromatic rings. The second-order valence-corrected chi connectivity index (χ2v) is 4.92. The van der Waals surface area contributed by atoms with Gasteiger partial charge in [0.1, 0.15) is 5.82 Å². The van der Waals surface area contributed by atoms with E-state index in [0.29, 0.717) is 15.5 Å². The monoisotopic (exact) mass is 309 g/mol. The molecule has 6 nitrogen and oxygen atoms in total. The highest BCUT2D eigenvalue weighted by atomic mass is 35.5. The van der Waals surface area contributed by atoms with Gasteiger partial charge in [0, 0.05) is 19.1 Å². The smallest absolute Gasteiger partial charge is 0.284 e. The summed E-state index contributed by atoms with van der Waals surface area (Å²) in [7, 11) is 3.23. The van der Waals surface area contributed by atoms with E-state index < -0.39 is 0 Å². The average Bonchev–Trinajstić information content (AvgIpc) is 2.45. The Labute approximate surface area is 125 Å². The first-order chi connectivity index (χ1) is 9.41. The van der Waals surface area contributed by atoms with Gasteiger partial charge in [-0.25, -0.2) is 0 Å². The van der Waals surface area contributed by atoms with E-state index in [9.17, 15) is 4.79 Å². The molecule has 1 heterocycles. The van der Waals surface area contributed by atoms with Crippen LogP contribution in [-0.2, 0) is 14.1 Å². The molecule has 0 atom stereocenters. The number of aromatic nitrogens is 2. The SMILES string of the molecule is Cn1c(N)c(N=Nc2ccc(Cl)cc2)c(=O)n(C)c1=S. The van der Waals surface area contributed by atoms with Crippen LogP contribution < -0.4 is 11.3 Å². The van der Waals surface area contributed by atoms with E-state index in [4.69, 9.17) is 29.6 Å². The Morgan fingerprint density at radius 3 is 2.35 bits per heavy atom. The molecule has 0 aliphatic rings. The van der Waals surface area contributed by atoms with Crippen molar-refractivity contribution in [3.05, 3.63) is 44.4 Å². The van der Waals surface area contributed by atoms with Gasteiger partial charge in [-0.2, -0.15) is 5.11 Å². The topological polar surface area (TPSA) is 77.7 Å². The predicted octanol–water partition coefficient (Wildman–Crippen LogP) is 3.10. The van der Waals surface area contributed by atoms with Crippen LogP contribution in [0.1, 0.15) is 0 Å². The molecule has 20 heavy (non-hydrogen) atoms. The van der Waals surface area contributed by atoms with Gasteiger partial charge in [0.15, 0.2) is 10.5 Å². The van der Waals surface area contributed by atoms with Crippen molar-refractivity contribution in [2.45, 2.75) is 0 Å². The van der Waals surface area contributed by atoms with E-state index >= 15 is 0 Å². The van der Waals surface area contributed by atoms with Crippen LogP contribution in [0.15, 0.2) is 39.3 Å². The molecule has 0 saturated carbocycles. The molecular formula is C12H12ClN5OS. The highest BCUT2D eigenvalue weighted by Gasteiger charge is 2.10. The van der Waals surface area contributed by atoms with Gasteiger partial charge in [0.2, 0.25) is 0 Å². The van der Waals surface area contributed by atoms with Crippen molar-refractivity contribution < 1.29 is 0 Å². The molecular weight excluding hydrogens is 298 g/mol. The van der Waals surface area contributed by atoms with E-state index in [2.05, 4.69) is 10.2 Å². The van der Waals surface area contributed by atoms with Crippen molar-refractivity contribution in [3.63, 3.8) is 0 Å². The highest BCUT2D eigenvalue weighted by Crippen LogP contribution is 2.21. The Morgan fingerprint density at radius 1 is 1.15 bits per heavy atom. The van der Waals surface area contributed by atoms with E-state index in [-0.39, 0.29) is 17.1 Å². The largest absolute Gasteiger partial charge is 0.383 e. The lowest BCUT2D eigenvalue weighted by atomic mass is 10.3. The maximum Gasteiger partial charge on any atom is 0.284 e. The molecule has 1 aromatic carbocycles. The van der Waals surface area contributed by atoms with E-state index in [1.165, 1.54) is 9.13 Å². The summed E-state index contributed by atoms with van der Waals surface area (Å²) in [5, 5.41) is 8.50. The molecule has 0 bridgehead atoms. The second kappa shape index (κ2) is 5.56. The molecule has 0 aliphatic carbocycles. The van der Waals surface area contributed by atoms with Crippen molar-refractivity contribution in [2.75, 3.05) is 5.73 Å². The lowest BCUT2D eigenvalue weighted by molar-refractivity contribution is 0.725. The molecule has 1 aromatic heterocycles. The first kappa shape index (κ1) is 14.4. The number of nitrogens with two attached hydrogens (primary N) is 1. The summed E-state index contributed by atoms with van der Waals surface area (Å²) in [6, 6.07) is 6.75. The third-order valence-corrected chi connectivity index (χ3v) is 3.58. The normalized spacial score (nSPS) is 11.2. The molecule has 8 heteroatoms. The Balaban J connectivity index is 2.52. The maximum atomic E-state index is 12.1. The summed E-state index contributed by atoms with van der Waals surface area (Å²) in [6.45, 7) is 0. The number of nitrogens with zero attached hydrogens (tertiary/aromatic N) is 4. The first-order valence-electron chi connectivity index (χ1n) is 5.64. The number of hydrogen-bond acceptors (Lipinski definition) is 5. The van der Waals surface area contributed by atoms with Crippen LogP contribution in [0, 0.1) is 4.77 Å². The van der Waals surface area contributed by atoms with Crippen LogP contribution in [0.25, 0.3) is 0 Å². The summed E-state index contributed by atoms with van der Waals surface area (Å²) in [5.74, 6) is 0.177. The summed E-state index contributed by atoms with van der Waals surface area (Å²) in [6.07, 6.45) is 0. The average molecular weight is 310 g/mol. The fourth-order valence-electron chi connectivity index (χ4n) is 1.55. The molecule has 0 aliphatic heterocycles. The minimum Gasteiger partial charge on any atom is -0.383 e. The van der Waals surface area contributed by atoms with Gasteiger partial charge in [0.05, 0.1) is 5.69 Å². The number of benzene rings is 1. The lowest BCUT2D eigenvalue weighted by Crippen LogP contribution is -2.23. The number of anilines is 1. The van der Waals surface area contributed by atoms with Gasteiger partial charge in [-0.3, -0.25) is 9.36 Å². The van der Waals surface area contributed by atoms with Crippen molar-refractivity contribution in [1.29, 1.82) is 0 Å². The summed E-state index contributed by atoms with van der Waals surface area (Å²) >= 11 is 10.9. The number of rotatable bonds is 2. The Morgan fingerprint density at radius 2 is 1.75 bits per heavy atom. The van der Waals surface area contributed by atoms with Crippen molar-refractivity contribution in [3.8, 4) is 0 Å². The Hall–Kier alpha value is -1.99. The zero-order valence-electron chi connectivity index (χ0n) is 10.9. The molecule has 0 radical (unpaired) electrons. The fraction of sp³-hybridized carbons (Fsp3) is 0.167. The van der Waals surface area contributed by atoms with Crippen LogP contribution in [0.2, 0.25) is 5.02 Å². The quantitative estimate of drug-likeness (QED) is 0.684. The number of hydrogen-bond donors (Lipinski definition) is 1. The molecule has 2 rings (SSSR count). The molecule has 0 amide bonds. The molecule has 2 N–H and O–H groups in total. The minimum absolute atomic E-state index is 0.0542. The lowest BCUT2D eigenvalue weighted by Gasteiger charge is -2.09. The van der Waals surface area contributed by atoms with Gasteiger partial charge in [-0.05, 0) is 36.5 Å². The highest BCUT2D eigenvalue weighted by molar-refractivity contribution is 7.71. The standard InChI is InChI=1S/C12H12ClN5OS/c1-17-10(14)9(11(19)18(2)12(17)20)16-15-8-5-3-7(13)4-6-8/h3-6H,14H2,1-2H3. The summed E-state index contributed by atoms with van der Waals surface area (Å²) in [4.78, 5) is 12.1. The number of nitrogen functional groups attached to an aromatic ring is 1. The zero-order valence-corrected chi connectivity index (χ0v) is 12.4. The van der Waals surface area contributed by atoms with Crippen LogP contribution in [0.5, 0.6) is 0 Å². The maximum absolute atomic E-state index is 12.1. The van der Waals surface area contributed by atoms with Crippen molar-refractivity contribution >= 4 is 41.0 Å². The van der Waals surface area contributed by atoms with E-state index in [1.807, 2.05) is 0 Å². The predicted molar refractivity (Wildman–Crippen MR) is 81.5 cm³/mol. The molecule has 0 saturated heterocycles. The van der Waals surface area contributed by atoms with Gasteiger partial charge in [0.25, 0.3) is 5.56 Å². The Kier molecular flexibility index (Phi) is 4.01. The van der Waals surface area contributed by atoms with Crippen LogP contribution in [0.3, 0.4) is 0 Å². The Bertz CT molecular complexity index is 791. The van der Waals surface area contributed by atoms with Gasteiger partial charge < -0.3 is 10.3 Å². The summed E-state index contributed by atoms with van der Waals surface area (Å²) < 4.78 is 3.12. The third kappa shape index (κ3) is 2.63. The van der Waals surface area contributed by atoms with Gasteiger partial charge >= 0.3 is 0 Å². The molecule has 0 unspecified atom stereocenters. The molecule has 104 valence electrons. The van der Waals surface area contributed by atoms with E-state index in [1.54, 1.807) is 38.4 Å². The van der Waals surface area contributed by atoms with Crippen LogP contribution in [0.4, 0.5) is 17.2 Å². The van der Waals surface area contributed by atoms with Crippen LogP contribution >= 0.6 is 23.8 Å². The van der Waals surface area contributed by atoms with Crippen LogP contribution in [-0.4, -0.2) is 9.13 Å². The molecule has 0 spiro atoms. The number of halogens is 1. The second-order valence-electron chi connectivity index (χ2n) is 4.12. The fourth-order valence-corrected chi connectivity index (χ4v) is 1.86. The van der Waals surface area contributed by atoms with Gasteiger partial charge in [-0.1, -0.05) is 11.6 Å². The van der Waals surface area contributed by atoms with Gasteiger partial charge in [-0.15, -0.1) is 5.11 Å². The number of azo groups is 1. The third-order valence-electron chi connectivity index (χ3n) is 2.78. The van der Waals surface area contributed by atoms with Crippen molar-refractivity contribution in [1.82, 2.24) is 9.13 Å².